The topological polar surface area (TPSA) is 78.7 Å². The van der Waals surface area contributed by atoms with Crippen LogP contribution in [0.15, 0.2) is 24.3 Å². The van der Waals surface area contributed by atoms with Gasteiger partial charge in [0.05, 0.1) is 20.1 Å². The van der Waals surface area contributed by atoms with Crippen molar-refractivity contribution in [2.45, 2.75) is 12.8 Å². The molecule has 0 N–H and O–H groups in total. The molecule has 21 heavy (non-hydrogen) atoms. The van der Waals surface area contributed by atoms with Crippen LogP contribution in [0.5, 0.6) is 5.75 Å². The summed E-state index contributed by atoms with van der Waals surface area (Å²) in [6.07, 6.45) is 0.420. The average molecular weight is 291 g/mol. The molecule has 112 valence electrons. The predicted octanol–water partition coefficient (Wildman–Crippen LogP) is 1.89. The van der Waals surface area contributed by atoms with Gasteiger partial charge in [0, 0.05) is 16.9 Å². The van der Waals surface area contributed by atoms with Crippen LogP contribution in [-0.4, -0.2) is 31.7 Å². The third kappa shape index (κ3) is 6.43. The van der Waals surface area contributed by atoms with Crippen molar-refractivity contribution in [3.63, 3.8) is 0 Å². The van der Waals surface area contributed by atoms with Crippen LogP contribution in [0.3, 0.4) is 0 Å². The number of nitro groups is 1. The van der Waals surface area contributed by atoms with Crippen LogP contribution in [0.25, 0.3) is 0 Å². The highest BCUT2D eigenvalue weighted by Crippen LogP contribution is 2.11. The van der Waals surface area contributed by atoms with Gasteiger partial charge in [-0.2, -0.15) is 0 Å². The monoisotopic (exact) mass is 291 g/mol. The van der Waals surface area contributed by atoms with E-state index in [4.69, 9.17) is 4.74 Å². The number of nitrogens with zero attached hydrogens (tertiary/aromatic N) is 1. The number of carbonyl (C=O) groups is 1. The van der Waals surface area contributed by atoms with E-state index in [0.29, 0.717) is 12.2 Å². The number of carbonyl (C=O) groups excluding carboxylic acids is 1. The molecule has 0 bridgehead atoms. The van der Waals surface area contributed by atoms with E-state index >= 15 is 0 Å². The maximum atomic E-state index is 11.1. The number of methoxy groups -OCH3 is 2. The Bertz CT molecular complexity index is 541. The molecule has 0 aliphatic heterocycles. The number of benzene rings is 1. The summed E-state index contributed by atoms with van der Waals surface area (Å²) in [5, 5.41) is 10.6. The number of rotatable bonds is 6. The van der Waals surface area contributed by atoms with E-state index in [1.54, 1.807) is 31.4 Å². The predicted molar refractivity (Wildman–Crippen MR) is 76.5 cm³/mol. The van der Waals surface area contributed by atoms with Gasteiger partial charge in [0.2, 0.25) is 6.54 Å². The number of ether oxygens (including phenoxy) is 2. The zero-order valence-corrected chi connectivity index (χ0v) is 12.0. The van der Waals surface area contributed by atoms with Gasteiger partial charge in [-0.15, -0.1) is 0 Å². The Labute approximate surface area is 123 Å². The van der Waals surface area contributed by atoms with Crippen molar-refractivity contribution < 1.29 is 19.2 Å². The Morgan fingerprint density at radius 2 is 2.00 bits per heavy atom. The lowest BCUT2D eigenvalue weighted by atomic mass is 10.0. The van der Waals surface area contributed by atoms with Crippen LogP contribution in [0.4, 0.5) is 0 Å². The Morgan fingerprint density at radius 3 is 2.52 bits per heavy atom. The standard InChI is InChI=1S/C15H17NO5/c1-20-14-8-5-12(6-9-14)3-4-13(11-16(18)19)7-10-15(17)21-2/h5-6,8-9,13H,7,10-11H2,1-2H3/t13-/m0/s1. The Balaban J connectivity index is 2.72. The Hall–Kier alpha value is -2.55. The molecular weight excluding hydrogens is 274 g/mol. The van der Waals surface area contributed by atoms with Gasteiger partial charge in [0.1, 0.15) is 5.75 Å². The fourth-order valence-corrected chi connectivity index (χ4v) is 1.64. The molecule has 0 aliphatic rings. The first-order chi connectivity index (χ1) is 10.0. The third-order valence-electron chi connectivity index (χ3n) is 2.80. The summed E-state index contributed by atoms with van der Waals surface area (Å²) in [4.78, 5) is 21.3. The van der Waals surface area contributed by atoms with E-state index < -0.39 is 16.8 Å². The second-order valence-corrected chi connectivity index (χ2v) is 4.32. The van der Waals surface area contributed by atoms with E-state index in [9.17, 15) is 14.9 Å². The molecule has 1 aromatic carbocycles. The van der Waals surface area contributed by atoms with Gasteiger partial charge < -0.3 is 9.47 Å². The molecule has 1 rings (SSSR count). The minimum Gasteiger partial charge on any atom is -0.497 e. The first-order valence-corrected chi connectivity index (χ1v) is 6.39. The SMILES string of the molecule is COC(=O)CC[C@H](C#Cc1ccc(OC)cc1)C[N+](=O)[O-]. The van der Waals surface area contributed by atoms with Crippen LogP contribution >= 0.6 is 0 Å². The van der Waals surface area contributed by atoms with Gasteiger partial charge in [-0.05, 0) is 30.7 Å². The van der Waals surface area contributed by atoms with Crippen molar-refractivity contribution in [3.05, 3.63) is 39.9 Å². The smallest absolute Gasteiger partial charge is 0.305 e. The summed E-state index contributed by atoms with van der Waals surface area (Å²) < 4.78 is 9.56. The fraction of sp³-hybridized carbons (Fsp3) is 0.400. The zero-order valence-electron chi connectivity index (χ0n) is 12.0. The van der Waals surface area contributed by atoms with E-state index in [-0.39, 0.29) is 13.0 Å². The molecule has 0 radical (unpaired) electrons. The molecule has 1 aromatic rings. The van der Waals surface area contributed by atoms with Gasteiger partial charge in [-0.3, -0.25) is 14.9 Å². The average Bonchev–Trinajstić information content (AvgIpc) is 2.49. The minimum atomic E-state index is -0.485. The first kappa shape index (κ1) is 16.5. The second-order valence-electron chi connectivity index (χ2n) is 4.32. The number of esters is 1. The summed E-state index contributed by atoms with van der Waals surface area (Å²) in [7, 11) is 2.86. The molecule has 0 aromatic heterocycles. The lowest BCUT2D eigenvalue weighted by Gasteiger charge is -2.04. The van der Waals surface area contributed by atoms with Crippen molar-refractivity contribution in [1.29, 1.82) is 0 Å². The van der Waals surface area contributed by atoms with Gasteiger partial charge in [0.25, 0.3) is 0 Å². The van der Waals surface area contributed by atoms with Crippen molar-refractivity contribution in [1.82, 2.24) is 0 Å². The molecule has 6 nitrogen and oxygen atoms in total. The molecule has 0 fully saturated rings. The molecule has 1 atom stereocenters. The second kappa shape index (κ2) is 8.59. The van der Waals surface area contributed by atoms with Gasteiger partial charge in [-0.25, -0.2) is 0 Å². The lowest BCUT2D eigenvalue weighted by molar-refractivity contribution is -0.485. The van der Waals surface area contributed by atoms with Crippen LogP contribution in [0.1, 0.15) is 18.4 Å². The molecule has 0 aliphatic carbocycles. The van der Waals surface area contributed by atoms with Crippen LogP contribution < -0.4 is 4.74 Å². The molecule has 0 unspecified atom stereocenters. The highest BCUT2D eigenvalue weighted by atomic mass is 16.6. The highest BCUT2D eigenvalue weighted by molar-refractivity contribution is 5.69. The highest BCUT2D eigenvalue weighted by Gasteiger charge is 2.14. The maximum absolute atomic E-state index is 11.1. The van der Waals surface area contributed by atoms with Crippen LogP contribution in [0, 0.1) is 27.9 Å². The van der Waals surface area contributed by atoms with E-state index in [0.717, 1.165) is 5.56 Å². The first-order valence-electron chi connectivity index (χ1n) is 6.39. The van der Waals surface area contributed by atoms with E-state index in [2.05, 4.69) is 16.6 Å². The van der Waals surface area contributed by atoms with Gasteiger partial charge >= 0.3 is 5.97 Å². The molecule has 0 saturated carbocycles. The fourth-order valence-electron chi connectivity index (χ4n) is 1.64. The summed E-state index contributed by atoms with van der Waals surface area (Å²) in [6, 6.07) is 7.08. The zero-order chi connectivity index (χ0) is 15.7. The molecule has 0 amide bonds. The molecule has 0 saturated heterocycles. The van der Waals surface area contributed by atoms with Crippen LogP contribution in [-0.2, 0) is 9.53 Å². The van der Waals surface area contributed by atoms with Crippen molar-refractivity contribution in [2.75, 3.05) is 20.8 Å². The maximum Gasteiger partial charge on any atom is 0.305 e. The number of hydrogen-bond donors (Lipinski definition) is 0. The van der Waals surface area contributed by atoms with Gasteiger partial charge in [-0.1, -0.05) is 11.8 Å². The van der Waals surface area contributed by atoms with Gasteiger partial charge in [0.15, 0.2) is 0 Å². The number of hydrogen-bond acceptors (Lipinski definition) is 5. The molecule has 6 heteroatoms. The summed E-state index contributed by atoms with van der Waals surface area (Å²) in [5.74, 6) is 5.56. The normalized spacial score (nSPS) is 11.0. The van der Waals surface area contributed by atoms with E-state index in [1.165, 1.54) is 7.11 Å². The van der Waals surface area contributed by atoms with Crippen molar-refractivity contribution in [3.8, 4) is 17.6 Å². The van der Waals surface area contributed by atoms with Crippen molar-refractivity contribution >= 4 is 5.97 Å². The summed E-state index contributed by atoms with van der Waals surface area (Å²) in [6.45, 7) is -0.292. The van der Waals surface area contributed by atoms with E-state index in [1.807, 2.05) is 0 Å². The van der Waals surface area contributed by atoms with Crippen LogP contribution in [0.2, 0.25) is 0 Å². The molecular formula is C15H17NO5. The Morgan fingerprint density at radius 1 is 1.33 bits per heavy atom. The lowest BCUT2D eigenvalue weighted by Crippen LogP contribution is -2.14. The molecule has 0 spiro atoms. The third-order valence-corrected chi connectivity index (χ3v) is 2.80. The minimum absolute atomic E-state index is 0.117. The summed E-state index contributed by atoms with van der Waals surface area (Å²) in [5.41, 5.74) is 0.738. The summed E-state index contributed by atoms with van der Waals surface area (Å²) >= 11 is 0. The Kier molecular flexibility index (Phi) is 6.75. The molecule has 0 heterocycles. The van der Waals surface area contributed by atoms with Crippen molar-refractivity contribution in [2.24, 2.45) is 5.92 Å². The quantitative estimate of drug-likeness (QED) is 0.346. The largest absolute Gasteiger partial charge is 0.497 e.